The van der Waals surface area contributed by atoms with Gasteiger partial charge in [-0.3, -0.25) is 0 Å². The Labute approximate surface area is 74.2 Å². The molecule has 0 atom stereocenters. The number of rotatable bonds is 0. The van der Waals surface area contributed by atoms with Crippen molar-refractivity contribution in [2.75, 3.05) is 13.2 Å². The van der Waals surface area contributed by atoms with E-state index in [4.69, 9.17) is 10.2 Å². The molecule has 0 aliphatic carbocycles. The van der Waals surface area contributed by atoms with Gasteiger partial charge in [-0.05, 0) is 6.92 Å². The standard InChI is InChI=1S/C2H6O.C2H5O.CH4.Na/c2*1-2-3;;/h3H,2H2,1H3;2H2,1H3;1H4;/q;-1;;+1. The van der Waals surface area contributed by atoms with Gasteiger partial charge in [-0.25, -0.2) is 0 Å². The average Bonchev–Trinajstić information content (AvgIpc) is 1.39. The van der Waals surface area contributed by atoms with Crippen LogP contribution < -0.4 is 34.7 Å². The van der Waals surface area contributed by atoms with Crippen molar-refractivity contribution >= 4 is 0 Å². The number of hydrogen-bond donors (Lipinski definition) is 1. The Bertz CT molecular complexity index is 12.4. The summed E-state index contributed by atoms with van der Waals surface area (Å²) in [5.41, 5.74) is 0. The summed E-state index contributed by atoms with van der Waals surface area (Å²) in [7, 11) is 0. The van der Waals surface area contributed by atoms with E-state index < -0.39 is 0 Å². The number of hydrogen-bond acceptors (Lipinski definition) is 2. The minimum absolute atomic E-state index is 0. The van der Waals surface area contributed by atoms with Gasteiger partial charge in [0.1, 0.15) is 0 Å². The Hall–Kier alpha value is 0.920. The van der Waals surface area contributed by atoms with Crippen molar-refractivity contribution in [3.8, 4) is 0 Å². The van der Waals surface area contributed by atoms with Gasteiger partial charge in [0.2, 0.25) is 0 Å². The summed E-state index contributed by atoms with van der Waals surface area (Å²) >= 11 is 0. The monoisotopic (exact) mass is 130 g/mol. The minimum Gasteiger partial charge on any atom is -0.855 e. The van der Waals surface area contributed by atoms with Crippen molar-refractivity contribution in [1.29, 1.82) is 0 Å². The van der Waals surface area contributed by atoms with E-state index >= 15 is 0 Å². The van der Waals surface area contributed by atoms with Crippen molar-refractivity contribution in [3.63, 3.8) is 0 Å². The van der Waals surface area contributed by atoms with Crippen LogP contribution in [0.3, 0.4) is 0 Å². The Morgan fingerprint density at radius 1 is 1.38 bits per heavy atom. The second-order valence-electron chi connectivity index (χ2n) is 0.605. The van der Waals surface area contributed by atoms with Crippen molar-refractivity contribution in [2.45, 2.75) is 21.3 Å². The second-order valence-corrected chi connectivity index (χ2v) is 0.605. The summed E-state index contributed by atoms with van der Waals surface area (Å²) in [6.45, 7) is 3.50. The molecule has 0 aromatic rings. The van der Waals surface area contributed by atoms with Gasteiger partial charge in [0.25, 0.3) is 0 Å². The van der Waals surface area contributed by atoms with Gasteiger partial charge < -0.3 is 10.2 Å². The summed E-state index contributed by atoms with van der Waals surface area (Å²) in [6.07, 6.45) is 0. The molecule has 0 unspecified atom stereocenters. The Morgan fingerprint density at radius 3 is 1.38 bits per heavy atom. The molecule has 0 radical (unpaired) electrons. The first-order chi connectivity index (χ1) is 2.83. The van der Waals surface area contributed by atoms with Crippen molar-refractivity contribution in [2.24, 2.45) is 0 Å². The van der Waals surface area contributed by atoms with Crippen molar-refractivity contribution in [3.05, 3.63) is 0 Å². The predicted octanol–water partition coefficient (Wildman–Crippen LogP) is -2.99. The topological polar surface area (TPSA) is 43.3 Å². The summed E-state index contributed by atoms with van der Waals surface area (Å²) < 4.78 is 0. The largest absolute Gasteiger partial charge is 1.00 e. The first-order valence-electron chi connectivity index (χ1n) is 2.02. The van der Waals surface area contributed by atoms with E-state index in [0.717, 1.165) is 0 Å². The molecule has 0 fully saturated rings. The summed E-state index contributed by atoms with van der Waals surface area (Å²) in [6, 6.07) is 0. The molecule has 1 N–H and O–H groups in total. The summed E-state index contributed by atoms with van der Waals surface area (Å²) in [5, 5.41) is 16.5. The molecule has 0 heterocycles. The molecule has 0 aromatic heterocycles. The second kappa shape index (κ2) is 44.5. The fourth-order valence-electron chi connectivity index (χ4n) is 0. The fourth-order valence-corrected chi connectivity index (χ4v) is 0. The van der Waals surface area contributed by atoms with Crippen LogP contribution in [-0.4, -0.2) is 18.3 Å². The third-order valence-electron chi connectivity index (χ3n) is 0. The van der Waals surface area contributed by atoms with Crippen LogP contribution in [-0.2, 0) is 0 Å². The molecule has 0 saturated heterocycles. The molecular weight excluding hydrogens is 115 g/mol. The van der Waals surface area contributed by atoms with E-state index in [1.807, 2.05) is 0 Å². The Kier molecular flexibility index (Phi) is 129. The van der Waals surface area contributed by atoms with Gasteiger partial charge >= 0.3 is 29.6 Å². The third kappa shape index (κ3) is 287. The molecule has 0 spiro atoms. The quantitative estimate of drug-likeness (QED) is 0.355. The van der Waals surface area contributed by atoms with E-state index in [1.54, 1.807) is 13.8 Å². The van der Waals surface area contributed by atoms with Crippen LogP contribution in [0.5, 0.6) is 0 Å². The smallest absolute Gasteiger partial charge is 0.855 e. The molecule has 0 rings (SSSR count). The van der Waals surface area contributed by atoms with Gasteiger partial charge in [0.15, 0.2) is 0 Å². The van der Waals surface area contributed by atoms with Crippen LogP contribution in [0.1, 0.15) is 21.3 Å². The molecule has 0 amide bonds. The van der Waals surface area contributed by atoms with E-state index in [2.05, 4.69) is 0 Å². The van der Waals surface area contributed by atoms with Crippen LogP contribution in [0.2, 0.25) is 0 Å². The molecule has 2 nitrogen and oxygen atoms in total. The maximum Gasteiger partial charge on any atom is 1.00 e. The van der Waals surface area contributed by atoms with Crippen LogP contribution in [0.25, 0.3) is 0 Å². The Balaban J connectivity index is -0.0000000160. The average molecular weight is 130 g/mol. The maximum atomic E-state index is 8.93. The predicted molar refractivity (Wildman–Crippen MR) is 30.0 cm³/mol. The molecule has 0 saturated carbocycles. The van der Waals surface area contributed by atoms with Crippen LogP contribution in [0.15, 0.2) is 0 Å². The molecule has 48 valence electrons. The maximum absolute atomic E-state index is 8.93. The van der Waals surface area contributed by atoms with Crippen LogP contribution in [0.4, 0.5) is 0 Å². The molecule has 0 aliphatic heterocycles. The number of aliphatic hydroxyl groups is 1. The summed E-state index contributed by atoms with van der Waals surface area (Å²) in [5.74, 6) is 0. The zero-order chi connectivity index (χ0) is 5.41. The first-order valence-corrected chi connectivity index (χ1v) is 2.02. The van der Waals surface area contributed by atoms with Gasteiger partial charge in [0.05, 0.1) is 0 Å². The van der Waals surface area contributed by atoms with E-state index in [0.29, 0.717) is 0 Å². The van der Waals surface area contributed by atoms with E-state index in [9.17, 15) is 0 Å². The molecule has 0 aromatic carbocycles. The fraction of sp³-hybridized carbons (Fsp3) is 1.00. The molecule has 0 aliphatic rings. The zero-order valence-electron chi connectivity index (χ0n) is 5.27. The zero-order valence-corrected chi connectivity index (χ0v) is 7.27. The van der Waals surface area contributed by atoms with Crippen LogP contribution in [0, 0.1) is 0 Å². The minimum atomic E-state index is 0. The van der Waals surface area contributed by atoms with Gasteiger partial charge in [-0.15, -0.1) is 6.61 Å². The van der Waals surface area contributed by atoms with Gasteiger partial charge in [-0.2, -0.15) is 0 Å². The first kappa shape index (κ1) is 23.1. The van der Waals surface area contributed by atoms with E-state index in [1.165, 1.54) is 0 Å². The molecular formula is C5H15NaO2. The Morgan fingerprint density at radius 2 is 1.38 bits per heavy atom. The molecule has 3 heteroatoms. The van der Waals surface area contributed by atoms with Crippen molar-refractivity contribution in [1.82, 2.24) is 0 Å². The molecule has 0 bridgehead atoms. The van der Waals surface area contributed by atoms with Crippen molar-refractivity contribution < 1.29 is 39.8 Å². The van der Waals surface area contributed by atoms with Gasteiger partial charge in [0, 0.05) is 6.61 Å². The summed E-state index contributed by atoms with van der Waals surface area (Å²) in [4.78, 5) is 0. The SMILES string of the molecule is C.CCO.CC[O-].[Na+]. The van der Waals surface area contributed by atoms with Gasteiger partial charge in [-0.1, -0.05) is 14.4 Å². The van der Waals surface area contributed by atoms with E-state index in [-0.39, 0.29) is 50.2 Å². The molecule has 8 heavy (non-hydrogen) atoms. The third-order valence-corrected chi connectivity index (χ3v) is 0. The normalized spacial score (nSPS) is 4.50. The van der Waals surface area contributed by atoms with Crippen LogP contribution >= 0.6 is 0 Å². The number of aliphatic hydroxyl groups excluding tert-OH is 1.